The summed E-state index contributed by atoms with van der Waals surface area (Å²) in [6.07, 6.45) is 3.04. The Morgan fingerprint density at radius 3 is 2.38 bits per heavy atom. The molecular weight excluding hydrogens is 372 g/mol. The SMILES string of the molecule is COC(=O)c1ccc(NC(=O)c2ccnc(C(=O)NCc3ccccn3)c2)cc1. The van der Waals surface area contributed by atoms with Crippen molar-refractivity contribution in [3.8, 4) is 0 Å². The molecule has 0 spiro atoms. The second-order valence-electron chi connectivity index (χ2n) is 5.96. The highest BCUT2D eigenvalue weighted by atomic mass is 16.5. The van der Waals surface area contributed by atoms with E-state index in [-0.39, 0.29) is 17.8 Å². The van der Waals surface area contributed by atoms with Crippen LogP contribution in [0.2, 0.25) is 0 Å². The number of hydrogen-bond donors (Lipinski definition) is 2. The molecule has 0 radical (unpaired) electrons. The van der Waals surface area contributed by atoms with E-state index in [0.717, 1.165) is 0 Å². The minimum Gasteiger partial charge on any atom is -0.465 e. The Bertz CT molecular complexity index is 1020. The van der Waals surface area contributed by atoms with Crippen LogP contribution in [0.15, 0.2) is 67.0 Å². The predicted octanol–water partition coefficient (Wildman–Crippen LogP) is 2.45. The summed E-state index contributed by atoms with van der Waals surface area (Å²) in [5.74, 6) is -1.27. The van der Waals surface area contributed by atoms with Gasteiger partial charge in [0.1, 0.15) is 5.69 Å². The van der Waals surface area contributed by atoms with Crippen LogP contribution in [0.25, 0.3) is 0 Å². The molecule has 0 atom stereocenters. The maximum absolute atomic E-state index is 12.5. The van der Waals surface area contributed by atoms with Crippen molar-refractivity contribution in [1.82, 2.24) is 15.3 Å². The van der Waals surface area contributed by atoms with Gasteiger partial charge in [0.05, 0.1) is 24.9 Å². The van der Waals surface area contributed by atoms with Gasteiger partial charge in [0.2, 0.25) is 0 Å². The monoisotopic (exact) mass is 390 g/mol. The fourth-order valence-corrected chi connectivity index (χ4v) is 2.47. The molecule has 2 heterocycles. The summed E-state index contributed by atoms with van der Waals surface area (Å²) in [6, 6.07) is 14.6. The van der Waals surface area contributed by atoms with Crippen molar-refractivity contribution < 1.29 is 19.1 Å². The average Bonchev–Trinajstić information content (AvgIpc) is 2.78. The molecule has 0 saturated carbocycles. The van der Waals surface area contributed by atoms with Gasteiger partial charge in [-0.05, 0) is 48.5 Å². The first-order valence-electron chi connectivity index (χ1n) is 8.70. The van der Waals surface area contributed by atoms with Crippen LogP contribution in [0.5, 0.6) is 0 Å². The molecular formula is C21H18N4O4. The molecule has 146 valence electrons. The van der Waals surface area contributed by atoms with Gasteiger partial charge >= 0.3 is 5.97 Å². The largest absolute Gasteiger partial charge is 0.465 e. The van der Waals surface area contributed by atoms with E-state index in [1.807, 2.05) is 6.07 Å². The molecule has 8 heteroatoms. The van der Waals surface area contributed by atoms with Crippen LogP contribution in [0.4, 0.5) is 5.69 Å². The highest BCUT2D eigenvalue weighted by molar-refractivity contribution is 6.05. The van der Waals surface area contributed by atoms with E-state index in [9.17, 15) is 14.4 Å². The molecule has 0 unspecified atom stereocenters. The van der Waals surface area contributed by atoms with Crippen LogP contribution in [0.1, 0.15) is 36.9 Å². The molecule has 8 nitrogen and oxygen atoms in total. The molecule has 0 fully saturated rings. The molecule has 1 aromatic carbocycles. The number of methoxy groups -OCH3 is 1. The van der Waals surface area contributed by atoms with Crippen molar-refractivity contribution in [3.63, 3.8) is 0 Å². The Balaban J connectivity index is 1.64. The van der Waals surface area contributed by atoms with E-state index >= 15 is 0 Å². The minimum absolute atomic E-state index is 0.120. The van der Waals surface area contributed by atoms with Crippen LogP contribution >= 0.6 is 0 Å². The van der Waals surface area contributed by atoms with Gasteiger partial charge < -0.3 is 15.4 Å². The molecule has 2 aromatic heterocycles. The molecule has 0 aliphatic rings. The number of aromatic nitrogens is 2. The first-order chi connectivity index (χ1) is 14.1. The smallest absolute Gasteiger partial charge is 0.337 e. The molecule has 3 aromatic rings. The topological polar surface area (TPSA) is 110 Å². The maximum atomic E-state index is 12.5. The van der Waals surface area contributed by atoms with Crippen LogP contribution in [0.3, 0.4) is 0 Å². The third-order valence-corrected chi connectivity index (χ3v) is 3.97. The molecule has 2 amide bonds. The standard InChI is InChI=1S/C21H18N4O4/c1-29-21(28)14-5-7-16(8-6-14)25-19(26)15-9-11-23-18(12-15)20(27)24-13-17-4-2-3-10-22-17/h2-12H,13H2,1H3,(H,24,27)(H,25,26). The number of nitrogens with one attached hydrogen (secondary N) is 2. The van der Waals surface area contributed by atoms with Gasteiger partial charge in [0, 0.05) is 23.6 Å². The van der Waals surface area contributed by atoms with Crippen LogP contribution in [0, 0.1) is 0 Å². The Labute approximate surface area is 167 Å². The van der Waals surface area contributed by atoms with Gasteiger partial charge in [-0.3, -0.25) is 19.6 Å². The number of carbonyl (C=O) groups is 3. The van der Waals surface area contributed by atoms with Gasteiger partial charge in [0.15, 0.2) is 0 Å². The zero-order chi connectivity index (χ0) is 20.6. The van der Waals surface area contributed by atoms with Crippen molar-refractivity contribution in [2.24, 2.45) is 0 Å². The minimum atomic E-state index is -0.460. The lowest BCUT2D eigenvalue weighted by Gasteiger charge is -2.08. The van der Waals surface area contributed by atoms with Crippen molar-refractivity contribution in [1.29, 1.82) is 0 Å². The lowest BCUT2D eigenvalue weighted by Crippen LogP contribution is -2.25. The molecule has 0 saturated heterocycles. The second kappa shape index (κ2) is 9.23. The van der Waals surface area contributed by atoms with Crippen LogP contribution in [-0.4, -0.2) is 34.9 Å². The van der Waals surface area contributed by atoms with Crippen molar-refractivity contribution in [3.05, 3.63) is 89.5 Å². The predicted molar refractivity (Wildman–Crippen MR) is 105 cm³/mol. The fraction of sp³-hybridized carbons (Fsp3) is 0.0952. The molecule has 0 aliphatic heterocycles. The second-order valence-corrected chi connectivity index (χ2v) is 5.96. The number of benzene rings is 1. The third kappa shape index (κ3) is 5.23. The zero-order valence-corrected chi connectivity index (χ0v) is 15.6. The zero-order valence-electron chi connectivity index (χ0n) is 15.6. The highest BCUT2D eigenvalue weighted by Crippen LogP contribution is 2.12. The lowest BCUT2D eigenvalue weighted by molar-refractivity contribution is 0.0600. The number of amides is 2. The molecule has 2 N–H and O–H groups in total. The van der Waals surface area contributed by atoms with E-state index in [1.165, 1.54) is 25.4 Å². The summed E-state index contributed by atoms with van der Waals surface area (Å²) < 4.78 is 4.64. The number of nitrogens with zero attached hydrogens (tertiary/aromatic N) is 2. The van der Waals surface area contributed by atoms with E-state index in [4.69, 9.17) is 0 Å². The summed E-state index contributed by atoms with van der Waals surface area (Å²) in [5.41, 5.74) is 1.99. The van der Waals surface area contributed by atoms with Gasteiger partial charge in [-0.1, -0.05) is 6.07 Å². The number of anilines is 1. The Morgan fingerprint density at radius 2 is 1.69 bits per heavy atom. The summed E-state index contributed by atoms with van der Waals surface area (Å²) >= 11 is 0. The van der Waals surface area contributed by atoms with Gasteiger partial charge in [-0.15, -0.1) is 0 Å². The van der Waals surface area contributed by atoms with Gasteiger partial charge in [0.25, 0.3) is 11.8 Å². The van der Waals surface area contributed by atoms with E-state index < -0.39 is 17.8 Å². The van der Waals surface area contributed by atoms with Crippen molar-refractivity contribution in [2.75, 3.05) is 12.4 Å². The number of hydrogen-bond acceptors (Lipinski definition) is 6. The number of esters is 1. The highest BCUT2D eigenvalue weighted by Gasteiger charge is 2.13. The summed E-state index contributed by atoms with van der Waals surface area (Å²) in [5, 5.41) is 5.42. The Kier molecular flexibility index (Phi) is 6.26. The summed E-state index contributed by atoms with van der Waals surface area (Å²) in [6.45, 7) is 0.254. The maximum Gasteiger partial charge on any atom is 0.337 e. The van der Waals surface area contributed by atoms with Crippen LogP contribution in [-0.2, 0) is 11.3 Å². The first kappa shape index (κ1) is 19.7. The van der Waals surface area contributed by atoms with Gasteiger partial charge in [-0.2, -0.15) is 0 Å². The van der Waals surface area contributed by atoms with Crippen molar-refractivity contribution in [2.45, 2.75) is 6.54 Å². The van der Waals surface area contributed by atoms with Gasteiger partial charge in [-0.25, -0.2) is 4.79 Å². The Hall–Kier alpha value is -4.07. The number of rotatable bonds is 6. The van der Waals surface area contributed by atoms with E-state index in [2.05, 4.69) is 25.3 Å². The summed E-state index contributed by atoms with van der Waals surface area (Å²) in [7, 11) is 1.30. The molecule has 3 rings (SSSR count). The number of carbonyl (C=O) groups excluding carboxylic acids is 3. The number of pyridine rings is 2. The Morgan fingerprint density at radius 1 is 0.897 bits per heavy atom. The number of ether oxygens (including phenoxy) is 1. The van der Waals surface area contributed by atoms with Crippen LogP contribution < -0.4 is 10.6 Å². The normalized spacial score (nSPS) is 10.1. The fourth-order valence-electron chi connectivity index (χ4n) is 2.47. The molecule has 29 heavy (non-hydrogen) atoms. The summed E-state index contributed by atoms with van der Waals surface area (Å²) in [4.78, 5) is 44.4. The first-order valence-corrected chi connectivity index (χ1v) is 8.70. The molecule has 0 aliphatic carbocycles. The average molecular weight is 390 g/mol. The molecule has 0 bridgehead atoms. The quantitative estimate of drug-likeness (QED) is 0.626. The van der Waals surface area contributed by atoms with E-state index in [1.54, 1.807) is 42.6 Å². The van der Waals surface area contributed by atoms with E-state index in [0.29, 0.717) is 16.9 Å². The third-order valence-electron chi connectivity index (χ3n) is 3.97. The van der Waals surface area contributed by atoms with Crippen molar-refractivity contribution >= 4 is 23.5 Å². The lowest BCUT2D eigenvalue weighted by atomic mass is 10.1.